The molecule has 2 nitrogen and oxygen atoms in total. The Labute approximate surface area is 102 Å². The second kappa shape index (κ2) is 5.81. The summed E-state index contributed by atoms with van der Waals surface area (Å²) in [5, 5.41) is 0. The van der Waals surface area contributed by atoms with E-state index in [4.69, 9.17) is 6.42 Å². The fraction of sp³-hybridized carbons (Fsp3) is 0.200. The molecule has 0 N–H and O–H groups in total. The van der Waals surface area contributed by atoms with Crippen LogP contribution in [0.1, 0.15) is 18.7 Å². The summed E-state index contributed by atoms with van der Waals surface area (Å²) in [6.45, 7) is 0. The predicted octanol–water partition coefficient (Wildman–Crippen LogP) is 3.10. The molecule has 1 aromatic heterocycles. The first-order chi connectivity index (χ1) is 8.40. The molecule has 2 aromatic rings. The molecule has 0 saturated heterocycles. The molecule has 0 atom stereocenters. The minimum absolute atomic E-state index is 0.782. The molecule has 0 aliphatic heterocycles. The number of aromatic nitrogens is 2. The van der Waals surface area contributed by atoms with E-state index in [0.29, 0.717) is 0 Å². The number of terminal acetylenes is 1. The molecule has 0 spiro atoms. The molecule has 0 radical (unpaired) electrons. The largest absolute Gasteiger partial charge is 0.241 e. The van der Waals surface area contributed by atoms with Crippen molar-refractivity contribution in [3.63, 3.8) is 0 Å². The second-order valence-electron chi connectivity index (χ2n) is 3.81. The summed E-state index contributed by atoms with van der Waals surface area (Å²) in [6.07, 6.45) is 11.5. The summed E-state index contributed by atoms with van der Waals surface area (Å²) in [7, 11) is 0. The molecule has 0 fully saturated rings. The zero-order valence-electron chi connectivity index (χ0n) is 9.63. The van der Waals surface area contributed by atoms with Crippen LogP contribution in [-0.4, -0.2) is 9.97 Å². The summed E-state index contributed by atoms with van der Waals surface area (Å²) in [5.74, 6) is 3.48. The van der Waals surface area contributed by atoms with Crippen molar-refractivity contribution in [3.05, 3.63) is 48.5 Å². The Morgan fingerprint density at radius 3 is 2.35 bits per heavy atom. The van der Waals surface area contributed by atoms with Gasteiger partial charge in [0.2, 0.25) is 0 Å². The van der Waals surface area contributed by atoms with Crippen LogP contribution in [0.15, 0.2) is 42.7 Å². The minimum atomic E-state index is 0.782. The summed E-state index contributed by atoms with van der Waals surface area (Å²) in [6, 6.07) is 10.1. The number of aryl methyl sites for hydroxylation is 1. The second-order valence-corrected chi connectivity index (χ2v) is 3.81. The summed E-state index contributed by atoms with van der Waals surface area (Å²) in [5.41, 5.74) is 2.19. The van der Waals surface area contributed by atoms with Gasteiger partial charge in [-0.2, -0.15) is 0 Å². The monoisotopic (exact) mass is 222 g/mol. The molecule has 0 saturated carbocycles. The number of nitrogens with zero attached hydrogens (tertiary/aromatic N) is 2. The number of hydrogen-bond acceptors (Lipinski definition) is 2. The zero-order chi connectivity index (χ0) is 11.9. The molecule has 0 amide bonds. The van der Waals surface area contributed by atoms with Crippen molar-refractivity contribution < 1.29 is 0 Å². The van der Waals surface area contributed by atoms with Crippen molar-refractivity contribution in [1.82, 2.24) is 9.97 Å². The van der Waals surface area contributed by atoms with Crippen molar-refractivity contribution >= 4 is 0 Å². The lowest BCUT2D eigenvalue weighted by Gasteiger charge is -2.02. The van der Waals surface area contributed by atoms with Gasteiger partial charge in [0.15, 0.2) is 0 Å². The van der Waals surface area contributed by atoms with E-state index in [1.54, 1.807) is 0 Å². The minimum Gasteiger partial charge on any atom is -0.241 e. The standard InChI is InChI=1S/C15H14N2/c1-2-3-5-10-15-16-11-14(12-17-15)13-8-6-4-7-9-13/h1,4,6-9,11-12H,3,5,10H2. The third kappa shape index (κ3) is 3.15. The number of hydrogen-bond donors (Lipinski definition) is 0. The first kappa shape index (κ1) is 11.3. The van der Waals surface area contributed by atoms with Crippen molar-refractivity contribution in [2.75, 3.05) is 0 Å². The lowest BCUT2D eigenvalue weighted by molar-refractivity contribution is 0.796. The highest BCUT2D eigenvalue weighted by molar-refractivity contribution is 5.60. The first-order valence-electron chi connectivity index (χ1n) is 5.70. The van der Waals surface area contributed by atoms with E-state index in [-0.39, 0.29) is 0 Å². The van der Waals surface area contributed by atoms with E-state index < -0.39 is 0 Å². The maximum absolute atomic E-state index is 5.20. The fourth-order valence-corrected chi connectivity index (χ4v) is 1.61. The van der Waals surface area contributed by atoms with Crippen LogP contribution < -0.4 is 0 Å². The van der Waals surface area contributed by atoms with Gasteiger partial charge in [-0.05, 0) is 12.0 Å². The van der Waals surface area contributed by atoms with E-state index >= 15 is 0 Å². The zero-order valence-corrected chi connectivity index (χ0v) is 9.63. The van der Waals surface area contributed by atoms with Gasteiger partial charge in [0.1, 0.15) is 5.82 Å². The molecule has 84 valence electrons. The molecule has 17 heavy (non-hydrogen) atoms. The normalized spacial score (nSPS) is 9.82. The predicted molar refractivity (Wildman–Crippen MR) is 69.2 cm³/mol. The summed E-state index contributed by atoms with van der Waals surface area (Å²) < 4.78 is 0. The Kier molecular flexibility index (Phi) is 3.88. The number of unbranched alkanes of at least 4 members (excludes halogenated alkanes) is 1. The van der Waals surface area contributed by atoms with E-state index in [0.717, 1.165) is 36.2 Å². The van der Waals surface area contributed by atoms with Crippen molar-refractivity contribution in [2.45, 2.75) is 19.3 Å². The summed E-state index contributed by atoms with van der Waals surface area (Å²) in [4.78, 5) is 8.69. The molecular weight excluding hydrogens is 208 g/mol. The van der Waals surface area contributed by atoms with Gasteiger partial charge >= 0.3 is 0 Å². The third-order valence-electron chi connectivity index (χ3n) is 2.53. The molecule has 1 heterocycles. The number of benzene rings is 1. The molecule has 0 aliphatic carbocycles. The van der Waals surface area contributed by atoms with Crippen LogP contribution >= 0.6 is 0 Å². The van der Waals surface area contributed by atoms with Gasteiger partial charge in [-0.25, -0.2) is 9.97 Å². The average Bonchev–Trinajstić information content (AvgIpc) is 2.41. The van der Waals surface area contributed by atoms with Crippen LogP contribution in [0.2, 0.25) is 0 Å². The molecule has 1 aromatic carbocycles. The third-order valence-corrected chi connectivity index (χ3v) is 2.53. The summed E-state index contributed by atoms with van der Waals surface area (Å²) >= 11 is 0. The molecule has 0 unspecified atom stereocenters. The van der Waals surface area contributed by atoms with Gasteiger partial charge in [0.05, 0.1) is 0 Å². The topological polar surface area (TPSA) is 25.8 Å². The van der Waals surface area contributed by atoms with Crippen molar-refractivity contribution in [1.29, 1.82) is 0 Å². The lowest BCUT2D eigenvalue weighted by atomic mass is 10.1. The molecule has 0 bridgehead atoms. The van der Waals surface area contributed by atoms with Crippen LogP contribution in [0.4, 0.5) is 0 Å². The quantitative estimate of drug-likeness (QED) is 0.587. The van der Waals surface area contributed by atoms with Gasteiger partial charge in [-0.1, -0.05) is 30.3 Å². The maximum Gasteiger partial charge on any atom is 0.128 e. The highest BCUT2D eigenvalue weighted by Gasteiger charge is 1.99. The van der Waals surface area contributed by atoms with Crippen LogP contribution in [0.5, 0.6) is 0 Å². The van der Waals surface area contributed by atoms with Gasteiger partial charge in [0, 0.05) is 30.8 Å². The average molecular weight is 222 g/mol. The van der Waals surface area contributed by atoms with Gasteiger partial charge in [-0.15, -0.1) is 12.3 Å². The van der Waals surface area contributed by atoms with Crippen LogP contribution in [0.3, 0.4) is 0 Å². The van der Waals surface area contributed by atoms with Gasteiger partial charge in [0.25, 0.3) is 0 Å². The van der Waals surface area contributed by atoms with Gasteiger partial charge < -0.3 is 0 Å². The lowest BCUT2D eigenvalue weighted by Crippen LogP contribution is -1.94. The smallest absolute Gasteiger partial charge is 0.128 e. The van der Waals surface area contributed by atoms with Crippen LogP contribution in [-0.2, 0) is 6.42 Å². The Hall–Kier alpha value is -2.14. The molecule has 2 rings (SSSR count). The number of rotatable bonds is 4. The van der Waals surface area contributed by atoms with Crippen LogP contribution in [0, 0.1) is 12.3 Å². The maximum atomic E-state index is 5.20. The molecule has 2 heteroatoms. The van der Waals surface area contributed by atoms with E-state index in [2.05, 4.69) is 28.0 Å². The van der Waals surface area contributed by atoms with Crippen LogP contribution in [0.25, 0.3) is 11.1 Å². The Morgan fingerprint density at radius 1 is 1.00 bits per heavy atom. The first-order valence-corrected chi connectivity index (χ1v) is 5.70. The SMILES string of the molecule is C#CCCCc1ncc(-c2ccccc2)cn1. The highest BCUT2D eigenvalue weighted by atomic mass is 14.9. The van der Waals surface area contributed by atoms with E-state index in [9.17, 15) is 0 Å². The Bertz CT molecular complexity index is 495. The Morgan fingerprint density at radius 2 is 1.71 bits per heavy atom. The molecular formula is C15H14N2. The Balaban J connectivity index is 2.06. The van der Waals surface area contributed by atoms with Crippen molar-refractivity contribution in [3.8, 4) is 23.5 Å². The molecule has 0 aliphatic rings. The highest BCUT2D eigenvalue weighted by Crippen LogP contribution is 2.16. The van der Waals surface area contributed by atoms with E-state index in [1.165, 1.54) is 0 Å². The van der Waals surface area contributed by atoms with Crippen molar-refractivity contribution in [2.24, 2.45) is 0 Å². The van der Waals surface area contributed by atoms with Gasteiger partial charge in [-0.3, -0.25) is 0 Å². The fourth-order valence-electron chi connectivity index (χ4n) is 1.61. The van der Waals surface area contributed by atoms with E-state index in [1.807, 2.05) is 30.6 Å².